The first kappa shape index (κ1) is 17.1. The van der Waals surface area contributed by atoms with Crippen molar-refractivity contribution in [1.29, 1.82) is 0 Å². The molecule has 0 radical (unpaired) electrons. The molecule has 1 aliphatic heterocycles. The average Bonchev–Trinajstić information content (AvgIpc) is 2.87. The zero-order valence-corrected chi connectivity index (χ0v) is 12.8. The zero-order chi connectivity index (χ0) is 15.1. The highest BCUT2D eigenvalue weighted by molar-refractivity contribution is 8.00. The molecule has 7 nitrogen and oxygen atoms in total. The van der Waals surface area contributed by atoms with Gasteiger partial charge in [0.2, 0.25) is 0 Å². The van der Waals surface area contributed by atoms with Crippen LogP contribution in [0.4, 0.5) is 4.79 Å². The number of nitrogens with one attached hydrogen (secondary N) is 1. The van der Waals surface area contributed by atoms with E-state index in [1.54, 1.807) is 7.11 Å². The van der Waals surface area contributed by atoms with Crippen molar-refractivity contribution in [2.45, 2.75) is 30.9 Å². The number of rotatable bonds is 7. The molecule has 1 heterocycles. The number of carboxylic acids is 1. The van der Waals surface area contributed by atoms with E-state index in [0.29, 0.717) is 18.8 Å². The first-order chi connectivity index (χ1) is 9.54. The van der Waals surface area contributed by atoms with Crippen LogP contribution in [-0.2, 0) is 14.3 Å². The molecule has 0 aromatic heterocycles. The summed E-state index contributed by atoms with van der Waals surface area (Å²) in [6.45, 7) is 2.59. The maximum atomic E-state index is 12.2. The highest BCUT2D eigenvalue weighted by atomic mass is 32.2. The second kappa shape index (κ2) is 8.33. The normalized spacial score (nSPS) is 23.6. The number of aliphatic carboxylic acids is 1. The molecule has 1 rings (SSSR count). The Labute approximate surface area is 123 Å². The Morgan fingerprint density at radius 2 is 2.20 bits per heavy atom. The van der Waals surface area contributed by atoms with E-state index < -0.39 is 12.0 Å². The fourth-order valence-electron chi connectivity index (χ4n) is 2.03. The van der Waals surface area contributed by atoms with E-state index in [4.69, 9.17) is 9.47 Å². The van der Waals surface area contributed by atoms with Gasteiger partial charge in [0.25, 0.3) is 0 Å². The number of nitrogens with zero attached hydrogens (tertiary/aromatic N) is 1. The Bertz CT molecular complexity index is 342. The van der Waals surface area contributed by atoms with E-state index in [0.717, 1.165) is 0 Å². The van der Waals surface area contributed by atoms with Crippen molar-refractivity contribution in [2.75, 3.05) is 33.1 Å². The van der Waals surface area contributed by atoms with Gasteiger partial charge in [0.15, 0.2) is 0 Å². The zero-order valence-electron chi connectivity index (χ0n) is 12.0. The van der Waals surface area contributed by atoms with E-state index in [1.165, 1.54) is 23.8 Å². The van der Waals surface area contributed by atoms with Crippen molar-refractivity contribution in [3.05, 3.63) is 0 Å². The smallest absolute Gasteiger partial charge is 0.327 e. The molecule has 0 aromatic carbocycles. The van der Waals surface area contributed by atoms with Crippen LogP contribution in [0.5, 0.6) is 0 Å². The summed E-state index contributed by atoms with van der Waals surface area (Å²) in [6.07, 6.45) is 0.468. The molecule has 2 N–H and O–H groups in total. The van der Waals surface area contributed by atoms with Gasteiger partial charge < -0.3 is 19.9 Å². The summed E-state index contributed by atoms with van der Waals surface area (Å²) in [7, 11) is 3.09. The summed E-state index contributed by atoms with van der Waals surface area (Å²) in [4.78, 5) is 24.8. The number of hydrogen-bond acceptors (Lipinski definition) is 5. The first-order valence-corrected chi connectivity index (χ1v) is 7.52. The number of thioether (sulfide) groups is 1. The molecule has 2 amide bonds. The van der Waals surface area contributed by atoms with E-state index >= 15 is 0 Å². The van der Waals surface area contributed by atoms with Crippen LogP contribution in [0, 0.1) is 0 Å². The average molecular weight is 306 g/mol. The van der Waals surface area contributed by atoms with Crippen LogP contribution < -0.4 is 5.32 Å². The summed E-state index contributed by atoms with van der Waals surface area (Å²) in [6, 6.07) is -1.14. The molecule has 1 aliphatic rings. The summed E-state index contributed by atoms with van der Waals surface area (Å²) in [5.74, 6) is -0.545. The minimum Gasteiger partial charge on any atom is -0.480 e. The van der Waals surface area contributed by atoms with Crippen molar-refractivity contribution in [2.24, 2.45) is 0 Å². The predicted octanol–water partition coefficient (Wildman–Crippen LogP) is 0.596. The minimum absolute atomic E-state index is 0.0977. The quantitative estimate of drug-likeness (QED) is 0.716. The van der Waals surface area contributed by atoms with Gasteiger partial charge in [-0.1, -0.05) is 6.92 Å². The molecule has 0 bridgehead atoms. The highest BCUT2D eigenvalue weighted by Gasteiger charge is 2.40. The molecule has 0 aromatic rings. The van der Waals surface area contributed by atoms with Crippen LogP contribution in [0.2, 0.25) is 0 Å². The van der Waals surface area contributed by atoms with Crippen LogP contribution in [0.3, 0.4) is 0 Å². The largest absolute Gasteiger partial charge is 0.480 e. The monoisotopic (exact) mass is 306 g/mol. The summed E-state index contributed by atoms with van der Waals surface area (Å²) in [5.41, 5.74) is 0. The lowest BCUT2D eigenvalue weighted by Gasteiger charge is -2.27. The second-order valence-corrected chi connectivity index (χ2v) is 5.67. The number of urea groups is 1. The van der Waals surface area contributed by atoms with Crippen LogP contribution in [0.25, 0.3) is 0 Å². The number of ether oxygens (including phenoxy) is 2. The first-order valence-electron chi connectivity index (χ1n) is 6.47. The van der Waals surface area contributed by atoms with E-state index in [1.807, 2.05) is 6.92 Å². The molecule has 8 heteroatoms. The van der Waals surface area contributed by atoms with Gasteiger partial charge in [-0.25, -0.2) is 9.59 Å². The van der Waals surface area contributed by atoms with Crippen LogP contribution in [0.15, 0.2) is 0 Å². The predicted molar refractivity (Wildman–Crippen MR) is 75.9 cm³/mol. The summed E-state index contributed by atoms with van der Waals surface area (Å²) in [5, 5.41) is 11.8. The van der Waals surface area contributed by atoms with Gasteiger partial charge in [0, 0.05) is 26.5 Å². The minimum atomic E-state index is -0.969. The van der Waals surface area contributed by atoms with Gasteiger partial charge in [-0.3, -0.25) is 4.90 Å². The molecule has 1 fully saturated rings. The van der Waals surface area contributed by atoms with E-state index in [9.17, 15) is 14.7 Å². The third-order valence-electron chi connectivity index (χ3n) is 3.13. The third-order valence-corrected chi connectivity index (χ3v) is 4.58. The van der Waals surface area contributed by atoms with Crippen molar-refractivity contribution in [3.63, 3.8) is 0 Å². The molecule has 1 saturated heterocycles. The number of carboxylic acid groups (broad SMARTS) is 1. The molecule has 0 aliphatic carbocycles. The number of carbonyl (C=O) groups excluding carboxylic acids is 1. The summed E-state index contributed by atoms with van der Waals surface area (Å²) >= 11 is 1.49. The Morgan fingerprint density at radius 3 is 2.70 bits per heavy atom. The molecule has 3 atom stereocenters. The number of carbonyl (C=O) groups is 2. The van der Waals surface area contributed by atoms with Crippen molar-refractivity contribution in [3.8, 4) is 0 Å². The van der Waals surface area contributed by atoms with Gasteiger partial charge in [0.1, 0.15) is 6.04 Å². The Kier molecular flexibility index (Phi) is 7.11. The van der Waals surface area contributed by atoms with Gasteiger partial charge in [-0.15, -0.1) is 11.8 Å². The van der Waals surface area contributed by atoms with Gasteiger partial charge in [-0.2, -0.15) is 0 Å². The second-order valence-electron chi connectivity index (χ2n) is 4.46. The topological polar surface area (TPSA) is 88.1 Å². The fraction of sp³-hybridized carbons (Fsp3) is 0.833. The maximum Gasteiger partial charge on any atom is 0.327 e. The van der Waals surface area contributed by atoms with Crippen LogP contribution in [0.1, 0.15) is 13.3 Å². The molecule has 116 valence electrons. The van der Waals surface area contributed by atoms with Crippen LogP contribution >= 0.6 is 11.8 Å². The van der Waals surface area contributed by atoms with Gasteiger partial charge >= 0.3 is 12.0 Å². The lowest BCUT2D eigenvalue weighted by atomic mass is 10.2. The molecule has 0 spiro atoms. The third kappa shape index (κ3) is 4.26. The number of methoxy groups -OCH3 is 2. The summed E-state index contributed by atoms with van der Waals surface area (Å²) < 4.78 is 10.1. The van der Waals surface area contributed by atoms with Crippen LogP contribution in [-0.4, -0.2) is 72.7 Å². The van der Waals surface area contributed by atoms with E-state index in [-0.39, 0.29) is 24.1 Å². The molecule has 0 saturated carbocycles. The van der Waals surface area contributed by atoms with Crippen molar-refractivity contribution < 1.29 is 24.2 Å². The van der Waals surface area contributed by atoms with E-state index in [2.05, 4.69) is 5.32 Å². The van der Waals surface area contributed by atoms with Crippen molar-refractivity contribution in [1.82, 2.24) is 10.2 Å². The lowest BCUT2D eigenvalue weighted by molar-refractivity contribution is -0.141. The number of amides is 2. The molecular formula is C12H22N2O5S. The Hall–Kier alpha value is -0.990. The fourth-order valence-corrected chi connectivity index (χ4v) is 3.38. The van der Waals surface area contributed by atoms with Gasteiger partial charge in [0.05, 0.1) is 18.1 Å². The number of hydrogen-bond donors (Lipinski definition) is 2. The lowest BCUT2D eigenvalue weighted by Crippen LogP contribution is -2.51. The maximum absolute atomic E-state index is 12.2. The SMILES string of the molecule is CCC1SCC(C(=O)O)N1C(=O)NCC(COC)OC. The molecular weight excluding hydrogens is 284 g/mol. The van der Waals surface area contributed by atoms with Gasteiger partial charge in [-0.05, 0) is 6.42 Å². The molecule has 20 heavy (non-hydrogen) atoms. The highest BCUT2D eigenvalue weighted by Crippen LogP contribution is 2.31. The standard InChI is InChI=1S/C12H22N2O5S/c1-4-10-14(9(7-20-10)11(15)16)12(17)13-5-8(19-3)6-18-2/h8-10H,4-7H2,1-3H3,(H,13,17)(H,15,16). The molecule has 3 unspecified atom stereocenters. The van der Waals surface area contributed by atoms with Crippen molar-refractivity contribution >= 4 is 23.8 Å². The Morgan fingerprint density at radius 1 is 1.50 bits per heavy atom. The Balaban J connectivity index is 2.60.